The summed E-state index contributed by atoms with van der Waals surface area (Å²) in [5.74, 6) is 0. The van der Waals surface area contributed by atoms with Gasteiger partial charge in [-0.1, -0.05) is 72.8 Å². The molecular formula is C35H22FN3O. The zero-order valence-electron chi connectivity index (χ0n) is 21.3. The second-order valence-electron chi connectivity index (χ2n) is 9.94. The number of fused-ring (bicyclic) bond motifs is 7. The topological polar surface area (TPSA) is 43.9 Å². The number of pyridine rings is 2. The Kier molecular flexibility index (Phi) is 5.04. The molecule has 0 amide bonds. The molecule has 8 aromatic rings. The van der Waals surface area contributed by atoms with Crippen LogP contribution in [0.15, 0.2) is 132 Å². The number of halogens is 1. The van der Waals surface area contributed by atoms with E-state index in [0.29, 0.717) is 11.1 Å². The molecule has 4 aromatic heterocycles. The van der Waals surface area contributed by atoms with Gasteiger partial charge in [-0.25, -0.2) is 9.37 Å². The second-order valence-corrected chi connectivity index (χ2v) is 9.94. The fraction of sp³-hybridized carbons (Fsp3) is 0.0286. The minimum atomic E-state index is -1.30. The van der Waals surface area contributed by atoms with Gasteiger partial charge in [0.05, 0.1) is 17.4 Å². The molecule has 0 aliphatic carbocycles. The summed E-state index contributed by atoms with van der Waals surface area (Å²) in [5.41, 5.74) is 7.13. The second kappa shape index (κ2) is 8.89. The molecule has 5 heteroatoms. The Hall–Kier alpha value is -5.29. The number of hydrogen-bond acceptors (Lipinski definition) is 3. The van der Waals surface area contributed by atoms with Crippen LogP contribution >= 0.6 is 0 Å². The van der Waals surface area contributed by atoms with Gasteiger partial charge in [-0.3, -0.25) is 9.55 Å². The number of alkyl halides is 1. The lowest BCUT2D eigenvalue weighted by atomic mass is 9.99. The van der Waals surface area contributed by atoms with E-state index in [1.165, 1.54) is 0 Å². The molecule has 0 aliphatic rings. The Balaban J connectivity index is 1.31. The summed E-state index contributed by atoms with van der Waals surface area (Å²) >= 11 is 0. The molecule has 40 heavy (non-hydrogen) atoms. The summed E-state index contributed by atoms with van der Waals surface area (Å²) in [5, 5.41) is 4.20. The number of furan rings is 1. The lowest BCUT2D eigenvalue weighted by molar-refractivity contribution is 0.402. The summed E-state index contributed by atoms with van der Waals surface area (Å²) in [6.07, 6.45) is 2.24. The van der Waals surface area contributed by atoms with Crippen LogP contribution in [0.5, 0.6) is 0 Å². The van der Waals surface area contributed by atoms with Gasteiger partial charge in [0.25, 0.3) is 0 Å². The summed E-state index contributed by atoms with van der Waals surface area (Å²) in [4.78, 5) is 9.29. The molecule has 0 aliphatic heterocycles. The van der Waals surface area contributed by atoms with Crippen molar-refractivity contribution in [2.45, 2.75) is 6.17 Å². The first kappa shape index (κ1) is 22.7. The van der Waals surface area contributed by atoms with Crippen molar-refractivity contribution in [2.24, 2.45) is 0 Å². The summed E-state index contributed by atoms with van der Waals surface area (Å²) in [7, 11) is 0. The Morgan fingerprint density at radius 2 is 1.43 bits per heavy atom. The number of nitrogens with zero attached hydrogens (tertiary/aromatic N) is 3. The highest BCUT2D eigenvalue weighted by molar-refractivity contribution is 6.26. The minimum absolute atomic E-state index is 0.580. The predicted octanol–water partition coefficient (Wildman–Crippen LogP) is 9.20. The zero-order chi connectivity index (χ0) is 26.6. The van der Waals surface area contributed by atoms with Gasteiger partial charge in [0.2, 0.25) is 0 Å². The molecule has 0 spiro atoms. The molecule has 4 aromatic carbocycles. The third-order valence-corrected chi connectivity index (χ3v) is 7.59. The SMILES string of the molecule is FC(c1cccc(-c2ccccn2)c1)c1cccc(-n2c3ccccc3c3c4c(cnc32)oc2ccccc24)c1. The quantitative estimate of drug-likeness (QED) is 0.233. The third kappa shape index (κ3) is 3.45. The number of rotatable bonds is 4. The summed E-state index contributed by atoms with van der Waals surface area (Å²) < 4.78 is 24.4. The van der Waals surface area contributed by atoms with Crippen molar-refractivity contribution >= 4 is 43.9 Å². The van der Waals surface area contributed by atoms with E-state index in [9.17, 15) is 0 Å². The van der Waals surface area contributed by atoms with Crippen molar-refractivity contribution in [1.82, 2.24) is 14.5 Å². The van der Waals surface area contributed by atoms with Gasteiger partial charge in [0.15, 0.2) is 11.8 Å². The smallest absolute Gasteiger partial charge is 0.154 e. The van der Waals surface area contributed by atoms with Crippen molar-refractivity contribution in [2.75, 3.05) is 0 Å². The van der Waals surface area contributed by atoms with Crippen LogP contribution in [0.1, 0.15) is 17.3 Å². The standard InChI is InChI=1S/C35H22FN3O/c36-34(23-10-7-9-22(19-23)28-15-5-6-18-37-28)24-11-8-12-25(20-24)39-29-16-3-1-13-26(29)33-32-27-14-2-4-17-30(27)40-31(32)21-38-35(33)39/h1-21,34H. The lowest BCUT2D eigenvalue weighted by Crippen LogP contribution is -2.00. The minimum Gasteiger partial charge on any atom is -0.454 e. The Morgan fingerprint density at radius 1 is 0.650 bits per heavy atom. The first-order chi connectivity index (χ1) is 19.8. The van der Waals surface area contributed by atoms with Gasteiger partial charge in [0.1, 0.15) is 11.2 Å². The summed E-state index contributed by atoms with van der Waals surface area (Å²) in [6, 6.07) is 37.3. The van der Waals surface area contributed by atoms with E-state index >= 15 is 4.39 Å². The molecule has 1 atom stereocenters. The molecule has 0 N–H and O–H groups in total. The van der Waals surface area contributed by atoms with E-state index in [0.717, 1.165) is 60.8 Å². The van der Waals surface area contributed by atoms with Crippen LogP contribution < -0.4 is 0 Å². The Bertz CT molecular complexity index is 2200. The average Bonchev–Trinajstić information content (AvgIpc) is 3.57. The van der Waals surface area contributed by atoms with Crippen LogP contribution in [-0.4, -0.2) is 14.5 Å². The van der Waals surface area contributed by atoms with Gasteiger partial charge in [-0.2, -0.15) is 0 Å². The monoisotopic (exact) mass is 519 g/mol. The van der Waals surface area contributed by atoms with Crippen LogP contribution in [0.2, 0.25) is 0 Å². The number of aromatic nitrogens is 3. The Labute approximate surface area is 229 Å². The zero-order valence-corrected chi connectivity index (χ0v) is 21.3. The van der Waals surface area contributed by atoms with Crippen LogP contribution in [0.25, 0.3) is 60.8 Å². The number of para-hydroxylation sites is 2. The third-order valence-electron chi connectivity index (χ3n) is 7.59. The van der Waals surface area contributed by atoms with E-state index in [4.69, 9.17) is 9.40 Å². The fourth-order valence-electron chi connectivity index (χ4n) is 5.79. The highest BCUT2D eigenvalue weighted by Crippen LogP contribution is 2.40. The van der Waals surface area contributed by atoms with Crippen molar-refractivity contribution in [3.63, 3.8) is 0 Å². The molecule has 190 valence electrons. The molecule has 0 fully saturated rings. The molecule has 1 unspecified atom stereocenters. The number of benzene rings is 4. The fourth-order valence-corrected chi connectivity index (χ4v) is 5.79. The van der Waals surface area contributed by atoms with Crippen molar-refractivity contribution in [3.05, 3.63) is 139 Å². The molecule has 0 bridgehead atoms. The molecule has 0 saturated heterocycles. The van der Waals surface area contributed by atoms with Gasteiger partial charge in [-0.05, 0) is 53.6 Å². The Morgan fingerprint density at radius 3 is 2.30 bits per heavy atom. The van der Waals surface area contributed by atoms with Crippen molar-refractivity contribution in [3.8, 4) is 16.9 Å². The highest BCUT2D eigenvalue weighted by atomic mass is 19.1. The maximum absolute atomic E-state index is 16.1. The van der Waals surface area contributed by atoms with Crippen molar-refractivity contribution in [1.29, 1.82) is 0 Å². The molecule has 0 saturated carbocycles. The van der Waals surface area contributed by atoms with E-state index in [2.05, 4.69) is 27.8 Å². The largest absolute Gasteiger partial charge is 0.454 e. The van der Waals surface area contributed by atoms with E-state index in [1.54, 1.807) is 12.4 Å². The lowest BCUT2D eigenvalue weighted by Gasteiger charge is -2.13. The van der Waals surface area contributed by atoms with Crippen LogP contribution in [0, 0.1) is 0 Å². The maximum Gasteiger partial charge on any atom is 0.154 e. The van der Waals surface area contributed by atoms with Crippen LogP contribution in [-0.2, 0) is 0 Å². The number of hydrogen-bond donors (Lipinski definition) is 0. The van der Waals surface area contributed by atoms with Crippen LogP contribution in [0.4, 0.5) is 4.39 Å². The average molecular weight is 520 g/mol. The van der Waals surface area contributed by atoms with E-state index in [1.807, 2.05) is 97.1 Å². The van der Waals surface area contributed by atoms with Gasteiger partial charge in [0, 0.05) is 39.0 Å². The molecule has 8 rings (SSSR count). The van der Waals surface area contributed by atoms with Crippen LogP contribution in [0.3, 0.4) is 0 Å². The van der Waals surface area contributed by atoms with Gasteiger partial charge < -0.3 is 4.42 Å². The van der Waals surface area contributed by atoms with Crippen molar-refractivity contribution < 1.29 is 8.81 Å². The van der Waals surface area contributed by atoms with Gasteiger partial charge >= 0.3 is 0 Å². The molecule has 4 heterocycles. The first-order valence-electron chi connectivity index (χ1n) is 13.2. The first-order valence-corrected chi connectivity index (χ1v) is 13.2. The summed E-state index contributed by atoms with van der Waals surface area (Å²) in [6.45, 7) is 0. The molecular weight excluding hydrogens is 497 g/mol. The van der Waals surface area contributed by atoms with E-state index < -0.39 is 6.17 Å². The predicted molar refractivity (Wildman–Crippen MR) is 158 cm³/mol. The van der Waals surface area contributed by atoms with E-state index in [-0.39, 0.29) is 0 Å². The highest BCUT2D eigenvalue weighted by Gasteiger charge is 2.21. The van der Waals surface area contributed by atoms with Gasteiger partial charge in [-0.15, -0.1) is 0 Å². The normalized spacial score (nSPS) is 12.5. The molecule has 4 nitrogen and oxygen atoms in total. The maximum atomic E-state index is 16.1. The molecule has 0 radical (unpaired) electrons.